The standard InChI is InChI=1S/C21H23F2N5O2S/c1-9-15(20-27-12-4-2-3-5-14(12)31-20)19(28-21(24-9)25-10-6-7-10)26-13-8-11(18(22)23)16(29)17(13)30/h2-5,10-11,13,16-18,29-30H,6-8H2,1H3,(H2,24,25,26,28)/t11-,13?,16+,17-/m0/s1. The summed E-state index contributed by atoms with van der Waals surface area (Å²) in [5, 5.41) is 27.6. The first-order valence-electron chi connectivity index (χ1n) is 10.3. The van der Waals surface area contributed by atoms with Gasteiger partial charge in [-0.25, -0.2) is 18.7 Å². The number of rotatable bonds is 6. The number of nitrogens with one attached hydrogen (secondary N) is 2. The minimum absolute atomic E-state index is 0.0618. The van der Waals surface area contributed by atoms with Gasteiger partial charge in [-0.1, -0.05) is 12.1 Å². The molecule has 5 rings (SSSR count). The van der Waals surface area contributed by atoms with Crippen molar-refractivity contribution in [1.82, 2.24) is 15.0 Å². The Balaban J connectivity index is 1.54. The quantitative estimate of drug-likeness (QED) is 0.459. The fourth-order valence-corrected chi connectivity index (χ4v) is 5.09. The zero-order chi connectivity index (χ0) is 21.7. The number of para-hydroxylation sites is 1. The van der Waals surface area contributed by atoms with Gasteiger partial charge in [0.25, 0.3) is 0 Å². The maximum absolute atomic E-state index is 13.3. The third-order valence-electron chi connectivity index (χ3n) is 5.88. The summed E-state index contributed by atoms with van der Waals surface area (Å²) in [5.74, 6) is -0.419. The van der Waals surface area contributed by atoms with E-state index in [0.29, 0.717) is 34.1 Å². The molecule has 4 N–H and O–H groups in total. The second kappa shape index (κ2) is 7.92. The first kappa shape index (κ1) is 20.5. The fourth-order valence-electron chi connectivity index (χ4n) is 4.02. The van der Waals surface area contributed by atoms with E-state index in [9.17, 15) is 19.0 Å². The lowest BCUT2D eigenvalue weighted by Crippen LogP contribution is -2.36. The van der Waals surface area contributed by atoms with Crippen molar-refractivity contribution < 1.29 is 19.0 Å². The molecule has 2 aromatic heterocycles. The molecule has 2 saturated carbocycles. The van der Waals surface area contributed by atoms with Gasteiger partial charge in [0.15, 0.2) is 0 Å². The molecule has 4 atom stereocenters. The van der Waals surface area contributed by atoms with E-state index < -0.39 is 30.6 Å². The molecule has 2 aliphatic rings. The number of aliphatic hydroxyl groups excluding tert-OH is 2. The molecule has 1 aromatic carbocycles. The monoisotopic (exact) mass is 447 g/mol. The zero-order valence-electron chi connectivity index (χ0n) is 16.8. The Hall–Kier alpha value is -2.43. The molecule has 1 unspecified atom stereocenters. The summed E-state index contributed by atoms with van der Waals surface area (Å²) in [4.78, 5) is 13.9. The molecule has 0 radical (unpaired) electrons. The number of hydrogen-bond acceptors (Lipinski definition) is 8. The lowest BCUT2D eigenvalue weighted by molar-refractivity contribution is -0.0333. The number of halogens is 2. The van der Waals surface area contributed by atoms with Gasteiger partial charge in [0.1, 0.15) is 16.9 Å². The highest BCUT2D eigenvalue weighted by Gasteiger charge is 2.46. The highest BCUT2D eigenvalue weighted by Crippen LogP contribution is 2.39. The smallest absolute Gasteiger partial charge is 0.244 e. The van der Waals surface area contributed by atoms with E-state index in [1.165, 1.54) is 11.3 Å². The summed E-state index contributed by atoms with van der Waals surface area (Å²) < 4.78 is 27.6. The van der Waals surface area contributed by atoms with Crippen molar-refractivity contribution >= 4 is 33.3 Å². The summed E-state index contributed by atoms with van der Waals surface area (Å²) in [5.41, 5.74) is 2.21. The Bertz CT molecular complexity index is 1070. The molecule has 0 aliphatic heterocycles. The normalized spacial score (nSPS) is 26.0. The van der Waals surface area contributed by atoms with Gasteiger partial charge in [0.05, 0.1) is 39.5 Å². The van der Waals surface area contributed by atoms with Gasteiger partial charge in [-0.3, -0.25) is 0 Å². The molecule has 2 fully saturated rings. The van der Waals surface area contributed by atoms with Crippen molar-refractivity contribution in [3.63, 3.8) is 0 Å². The summed E-state index contributed by atoms with van der Waals surface area (Å²) in [6.07, 6.45) is -3.48. The fraction of sp³-hybridized carbons (Fsp3) is 0.476. The average Bonchev–Trinajstić information content (AvgIpc) is 3.36. The lowest BCUT2D eigenvalue weighted by atomic mass is 10.1. The van der Waals surface area contributed by atoms with Gasteiger partial charge in [0, 0.05) is 6.04 Å². The number of thiazole rings is 1. The minimum atomic E-state index is -2.71. The second-order valence-corrected chi connectivity index (χ2v) is 9.26. The summed E-state index contributed by atoms with van der Waals surface area (Å²) in [7, 11) is 0. The molecule has 7 nitrogen and oxygen atoms in total. The van der Waals surface area contributed by atoms with Crippen LogP contribution in [0.5, 0.6) is 0 Å². The lowest BCUT2D eigenvalue weighted by Gasteiger charge is -2.21. The van der Waals surface area contributed by atoms with E-state index in [1.807, 2.05) is 31.2 Å². The minimum Gasteiger partial charge on any atom is -0.390 e. The van der Waals surface area contributed by atoms with Crippen LogP contribution in [0, 0.1) is 12.8 Å². The topological polar surface area (TPSA) is 103 Å². The maximum atomic E-state index is 13.3. The van der Waals surface area contributed by atoms with Gasteiger partial charge in [-0.2, -0.15) is 4.98 Å². The highest BCUT2D eigenvalue weighted by atomic mass is 32.1. The number of nitrogens with zero attached hydrogens (tertiary/aromatic N) is 3. The molecule has 164 valence electrons. The van der Waals surface area contributed by atoms with Crippen molar-refractivity contribution in [3.8, 4) is 10.6 Å². The third kappa shape index (κ3) is 3.95. The molecule has 31 heavy (non-hydrogen) atoms. The predicted octanol–water partition coefficient (Wildman–Crippen LogP) is 3.42. The molecular formula is C21H23F2N5O2S. The SMILES string of the molecule is Cc1nc(NC2CC2)nc(NC2C[C@H](C(F)F)[C@@H](O)[C@H]2O)c1-c1nc2ccccc2s1. The van der Waals surface area contributed by atoms with Crippen LogP contribution in [0.3, 0.4) is 0 Å². The van der Waals surface area contributed by atoms with Crippen molar-refractivity contribution in [2.24, 2.45) is 5.92 Å². The van der Waals surface area contributed by atoms with Crippen LogP contribution >= 0.6 is 11.3 Å². The van der Waals surface area contributed by atoms with Gasteiger partial charge in [0.2, 0.25) is 12.4 Å². The zero-order valence-corrected chi connectivity index (χ0v) is 17.6. The summed E-state index contributed by atoms with van der Waals surface area (Å²) in [6, 6.07) is 7.33. The van der Waals surface area contributed by atoms with Crippen molar-refractivity contribution in [3.05, 3.63) is 30.0 Å². The molecule has 0 amide bonds. The number of hydrogen-bond donors (Lipinski definition) is 4. The van der Waals surface area contributed by atoms with E-state index in [1.54, 1.807) is 0 Å². The molecule has 2 aliphatic carbocycles. The van der Waals surface area contributed by atoms with Crippen molar-refractivity contribution in [2.45, 2.75) is 56.9 Å². The van der Waals surface area contributed by atoms with Crippen LogP contribution in [0.25, 0.3) is 20.8 Å². The summed E-state index contributed by atoms with van der Waals surface area (Å²) in [6.45, 7) is 1.86. The Labute approximate surface area is 181 Å². The number of aliphatic hydroxyl groups is 2. The van der Waals surface area contributed by atoms with E-state index in [0.717, 1.165) is 23.1 Å². The van der Waals surface area contributed by atoms with Crippen LogP contribution in [-0.4, -0.2) is 55.9 Å². The summed E-state index contributed by atoms with van der Waals surface area (Å²) >= 11 is 1.49. The van der Waals surface area contributed by atoms with E-state index >= 15 is 0 Å². The van der Waals surface area contributed by atoms with Crippen molar-refractivity contribution in [2.75, 3.05) is 10.6 Å². The third-order valence-corrected chi connectivity index (χ3v) is 6.93. The van der Waals surface area contributed by atoms with Gasteiger partial charge in [-0.05, 0) is 38.3 Å². The number of aromatic nitrogens is 3. The number of aryl methyl sites for hydroxylation is 1. The van der Waals surface area contributed by atoms with Gasteiger partial charge in [-0.15, -0.1) is 11.3 Å². The van der Waals surface area contributed by atoms with Crippen LogP contribution in [-0.2, 0) is 0 Å². The average molecular weight is 448 g/mol. The molecule has 10 heteroatoms. The number of fused-ring (bicyclic) bond motifs is 1. The Morgan fingerprint density at radius 3 is 2.52 bits per heavy atom. The first-order valence-corrected chi connectivity index (χ1v) is 11.1. The Morgan fingerprint density at radius 1 is 1.06 bits per heavy atom. The van der Waals surface area contributed by atoms with E-state index in [4.69, 9.17) is 4.98 Å². The van der Waals surface area contributed by atoms with Gasteiger partial charge < -0.3 is 20.8 Å². The first-order chi connectivity index (χ1) is 14.9. The molecule has 2 heterocycles. The van der Waals surface area contributed by atoms with Crippen LogP contribution < -0.4 is 10.6 Å². The highest BCUT2D eigenvalue weighted by molar-refractivity contribution is 7.21. The Morgan fingerprint density at radius 2 is 1.84 bits per heavy atom. The van der Waals surface area contributed by atoms with E-state index in [2.05, 4.69) is 20.6 Å². The molecule has 3 aromatic rings. The number of anilines is 2. The molecular weight excluding hydrogens is 424 g/mol. The van der Waals surface area contributed by atoms with Crippen molar-refractivity contribution in [1.29, 1.82) is 0 Å². The maximum Gasteiger partial charge on any atom is 0.244 e. The van der Waals surface area contributed by atoms with Crippen LogP contribution in [0.15, 0.2) is 24.3 Å². The number of benzene rings is 1. The predicted molar refractivity (Wildman–Crippen MR) is 116 cm³/mol. The van der Waals surface area contributed by atoms with Crippen LogP contribution in [0.2, 0.25) is 0 Å². The van der Waals surface area contributed by atoms with Crippen LogP contribution in [0.4, 0.5) is 20.5 Å². The second-order valence-electron chi connectivity index (χ2n) is 8.23. The number of alkyl halides is 2. The van der Waals surface area contributed by atoms with Gasteiger partial charge >= 0.3 is 0 Å². The molecule has 0 spiro atoms. The van der Waals surface area contributed by atoms with Crippen LogP contribution in [0.1, 0.15) is 25.0 Å². The largest absolute Gasteiger partial charge is 0.390 e. The Kier molecular flexibility index (Phi) is 5.23. The molecule has 0 saturated heterocycles. The van der Waals surface area contributed by atoms with E-state index in [-0.39, 0.29) is 6.42 Å². The molecule has 0 bridgehead atoms.